The molecule has 0 aliphatic rings. The molecule has 0 saturated heterocycles. The molecule has 0 unspecified atom stereocenters. The van der Waals surface area contributed by atoms with Crippen molar-refractivity contribution in [3.63, 3.8) is 0 Å². The molecule has 0 aliphatic carbocycles. The molecule has 106 valence electrons. The van der Waals surface area contributed by atoms with Gasteiger partial charge in [0.1, 0.15) is 6.54 Å². The molecular formula is C12H19N3O4. The Kier molecular flexibility index (Phi) is 6.01. The normalized spacial score (nSPS) is 10.4. The Morgan fingerprint density at radius 1 is 1.53 bits per heavy atom. The highest BCUT2D eigenvalue weighted by molar-refractivity contribution is 5.81. The van der Waals surface area contributed by atoms with Crippen LogP contribution in [0.25, 0.3) is 0 Å². The summed E-state index contributed by atoms with van der Waals surface area (Å²) in [4.78, 5) is 24.0. The molecule has 0 saturated carbocycles. The molecular weight excluding hydrogens is 250 g/mol. The monoisotopic (exact) mass is 269 g/mol. The van der Waals surface area contributed by atoms with Crippen LogP contribution in [-0.2, 0) is 27.8 Å². The van der Waals surface area contributed by atoms with Crippen molar-refractivity contribution < 1.29 is 19.4 Å². The van der Waals surface area contributed by atoms with Gasteiger partial charge in [-0.1, -0.05) is 0 Å². The summed E-state index contributed by atoms with van der Waals surface area (Å²) >= 11 is 0. The average molecular weight is 269 g/mol. The molecule has 1 heterocycles. The third kappa shape index (κ3) is 5.09. The summed E-state index contributed by atoms with van der Waals surface area (Å²) in [5.41, 5.74) is 0.940. The summed E-state index contributed by atoms with van der Waals surface area (Å²) in [7, 11) is 3.32. The first kappa shape index (κ1) is 15.2. The largest absolute Gasteiger partial charge is 0.480 e. The highest BCUT2D eigenvalue weighted by Gasteiger charge is 2.16. The molecule has 0 atom stereocenters. The molecule has 0 radical (unpaired) electrons. The average Bonchev–Trinajstić information content (AvgIpc) is 2.76. The number of ether oxygens (including phenoxy) is 1. The maximum atomic E-state index is 12.0. The summed E-state index contributed by atoms with van der Waals surface area (Å²) in [5, 5.41) is 12.8. The van der Waals surface area contributed by atoms with Gasteiger partial charge in [0.2, 0.25) is 5.91 Å². The summed E-state index contributed by atoms with van der Waals surface area (Å²) in [6.07, 6.45) is 2.47. The van der Waals surface area contributed by atoms with E-state index in [1.807, 2.05) is 6.07 Å². The molecule has 19 heavy (non-hydrogen) atoms. The molecule has 0 fully saturated rings. The van der Waals surface area contributed by atoms with Crippen molar-refractivity contribution in [2.45, 2.75) is 12.8 Å². The van der Waals surface area contributed by atoms with Gasteiger partial charge in [0.25, 0.3) is 0 Å². The van der Waals surface area contributed by atoms with E-state index in [0.717, 1.165) is 5.69 Å². The van der Waals surface area contributed by atoms with Gasteiger partial charge >= 0.3 is 5.97 Å². The van der Waals surface area contributed by atoms with Crippen LogP contribution in [0.3, 0.4) is 0 Å². The number of aryl methyl sites for hydroxylation is 2. The topological polar surface area (TPSA) is 84.7 Å². The number of amides is 1. The zero-order chi connectivity index (χ0) is 14.3. The Morgan fingerprint density at radius 2 is 2.26 bits per heavy atom. The Bertz CT molecular complexity index is 430. The van der Waals surface area contributed by atoms with Crippen molar-refractivity contribution in [3.05, 3.63) is 18.0 Å². The SMILES string of the molecule is COCCN(CC(=O)O)C(=O)CCc1ccnn1C. The standard InChI is InChI=1S/C12H19N3O4/c1-14-10(5-6-13-14)3-4-11(16)15(7-8-19-2)9-12(17)18/h5-6H,3-4,7-9H2,1-2H3,(H,17,18). The van der Waals surface area contributed by atoms with Crippen molar-refractivity contribution in [2.75, 3.05) is 26.8 Å². The lowest BCUT2D eigenvalue weighted by atomic mass is 10.2. The number of aromatic nitrogens is 2. The van der Waals surface area contributed by atoms with Crippen LogP contribution in [0, 0.1) is 0 Å². The van der Waals surface area contributed by atoms with Crippen LogP contribution in [-0.4, -0.2) is 58.5 Å². The predicted octanol–water partition coefficient (Wildman–Crippen LogP) is -0.0877. The molecule has 1 rings (SSSR count). The number of rotatable bonds is 8. The summed E-state index contributed by atoms with van der Waals surface area (Å²) in [6.45, 7) is 0.311. The third-order valence-corrected chi connectivity index (χ3v) is 2.76. The van der Waals surface area contributed by atoms with E-state index in [4.69, 9.17) is 9.84 Å². The third-order valence-electron chi connectivity index (χ3n) is 2.76. The van der Waals surface area contributed by atoms with Gasteiger partial charge in [0.15, 0.2) is 0 Å². The molecule has 1 amide bonds. The first-order valence-corrected chi connectivity index (χ1v) is 6.00. The molecule has 0 spiro atoms. The fraction of sp³-hybridized carbons (Fsp3) is 0.583. The van der Waals surface area contributed by atoms with Gasteiger partial charge in [0.05, 0.1) is 6.61 Å². The second-order valence-corrected chi connectivity index (χ2v) is 4.15. The van der Waals surface area contributed by atoms with Gasteiger partial charge in [0, 0.05) is 39.0 Å². The second kappa shape index (κ2) is 7.52. The maximum Gasteiger partial charge on any atom is 0.323 e. The van der Waals surface area contributed by atoms with Crippen molar-refractivity contribution in [1.82, 2.24) is 14.7 Å². The van der Waals surface area contributed by atoms with Gasteiger partial charge in [-0.3, -0.25) is 14.3 Å². The van der Waals surface area contributed by atoms with E-state index < -0.39 is 5.97 Å². The Labute approximate surface area is 111 Å². The lowest BCUT2D eigenvalue weighted by Gasteiger charge is -2.20. The van der Waals surface area contributed by atoms with Crippen molar-refractivity contribution in [2.24, 2.45) is 7.05 Å². The minimum absolute atomic E-state index is 0.194. The summed E-state index contributed by atoms with van der Waals surface area (Å²) in [5.74, 6) is -1.22. The fourth-order valence-corrected chi connectivity index (χ4v) is 1.70. The number of hydrogen-bond donors (Lipinski definition) is 1. The first-order valence-electron chi connectivity index (χ1n) is 6.00. The van der Waals surface area contributed by atoms with Crippen molar-refractivity contribution in [3.8, 4) is 0 Å². The number of nitrogens with zero attached hydrogens (tertiary/aromatic N) is 3. The second-order valence-electron chi connectivity index (χ2n) is 4.15. The van der Waals surface area contributed by atoms with Gasteiger partial charge in [-0.15, -0.1) is 0 Å². The molecule has 0 aliphatic heterocycles. The van der Waals surface area contributed by atoms with Crippen molar-refractivity contribution >= 4 is 11.9 Å². The Hall–Kier alpha value is -1.89. The van der Waals surface area contributed by atoms with Gasteiger partial charge in [-0.05, 0) is 12.5 Å². The maximum absolute atomic E-state index is 12.0. The van der Waals surface area contributed by atoms with Gasteiger partial charge in [-0.2, -0.15) is 5.10 Å². The van der Waals surface area contributed by atoms with Gasteiger partial charge in [-0.25, -0.2) is 0 Å². The number of methoxy groups -OCH3 is 1. The number of carboxylic acids is 1. The summed E-state index contributed by atoms with van der Waals surface area (Å²) < 4.78 is 6.57. The molecule has 1 aromatic rings. The lowest BCUT2D eigenvalue weighted by Crippen LogP contribution is -2.38. The van der Waals surface area contributed by atoms with Crippen LogP contribution in [0.2, 0.25) is 0 Å². The minimum Gasteiger partial charge on any atom is -0.480 e. The van der Waals surface area contributed by atoms with Crippen LogP contribution in [0.15, 0.2) is 12.3 Å². The van der Waals surface area contributed by atoms with Gasteiger partial charge < -0.3 is 14.7 Å². The van der Waals surface area contributed by atoms with Crippen LogP contribution in [0.1, 0.15) is 12.1 Å². The van der Waals surface area contributed by atoms with E-state index >= 15 is 0 Å². The van der Waals surface area contributed by atoms with E-state index in [1.165, 1.54) is 12.0 Å². The van der Waals surface area contributed by atoms with E-state index in [1.54, 1.807) is 17.9 Å². The zero-order valence-corrected chi connectivity index (χ0v) is 11.2. The number of aliphatic carboxylic acids is 1. The smallest absolute Gasteiger partial charge is 0.323 e. The van der Waals surface area contributed by atoms with Crippen LogP contribution >= 0.6 is 0 Å². The molecule has 0 aromatic carbocycles. The molecule has 7 heteroatoms. The number of carboxylic acid groups (broad SMARTS) is 1. The molecule has 7 nitrogen and oxygen atoms in total. The molecule has 1 N–H and O–H groups in total. The quantitative estimate of drug-likeness (QED) is 0.713. The fourth-order valence-electron chi connectivity index (χ4n) is 1.70. The zero-order valence-electron chi connectivity index (χ0n) is 11.2. The number of hydrogen-bond acceptors (Lipinski definition) is 4. The highest BCUT2D eigenvalue weighted by Crippen LogP contribution is 2.04. The number of carbonyl (C=O) groups excluding carboxylic acids is 1. The van der Waals surface area contributed by atoms with Crippen LogP contribution < -0.4 is 0 Å². The number of carbonyl (C=O) groups is 2. The Balaban J connectivity index is 2.51. The lowest BCUT2D eigenvalue weighted by molar-refractivity contribution is -0.144. The minimum atomic E-state index is -1.02. The van der Waals surface area contributed by atoms with Crippen LogP contribution in [0.4, 0.5) is 0 Å². The Morgan fingerprint density at radius 3 is 2.79 bits per heavy atom. The van der Waals surface area contributed by atoms with E-state index in [9.17, 15) is 9.59 Å². The van der Waals surface area contributed by atoms with E-state index in [-0.39, 0.29) is 25.4 Å². The predicted molar refractivity (Wildman–Crippen MR) is 67.6 cm³/mol. The first-order chi connectivity index (χ1) is 9.04. The summed E-state index contributed by atoms with van der Waals surface area (Å²) in [6, 6.07) is 1.84. The molecule has 1 aromatic heterocycles. The van der Waals surface area contributed by atoms with E-state index in [2.05, 4.69) is 5.10 Å². The van der Waals surface area contributed by atoms with E-state index in [0.29, 0.717) is 13.0 Å². The van der Waals surface area contributed by atoms with Crippen LogP contribution in [0.5, 0.6) is 0 Å². The molecule has 0 bridgehead atoms. The highest BCUT2D eigenvalue weighted by atomic mass is 16.5. The van der Waals surface area contributed by atoms with Crippen molar-refractivity contribution in [1.29, 1.82) is 0 Å².